The van der Waals surface area contributed by atoms with E-state index in [1.54, 1.807) is 35.0 Å². The molecule has 0 saturated heterocycles. The Morgan fingerprint density at radius 1 is 1.13 bits per heavy atom. The average Bonchev–Trinajstić information content (AvgIpc) is 2.91. The number of imidazole rings is 1. The van der Waals surface area contributed by atoms with E-state index in [1.807, 2.05) is 0 Å². The van der Waals surface area contributed by atoms with Crippen LogP contribution in [0.2, 0.25) is 0 Å². The van der Waals surface area contributed by atoms with Crippen LogP contribution in [0.5, 0.6) is 5.75 Å². The Balaban J connectivity index is 1.83. The number of hydrogen-bond donors (Lipinski definition) is 2. The summed E-state index contributed by atoms with van der Waals surface area (Å²) in [5.74, 6) is 0.212. The van der Waals surface area contributed by atoms with Gasteiger partial charge in [0.2, 0.25) is 0 Å². The fourth-order valence-electron chi connectivity index (χ4n) is 3.34. The fourth-order valence-corrected chi connectivity index (χ4v) is 3.34. The number of aromatic nitrogens is 4. The number of H-pyrrole nitrogens is 1. The third kappa shape index (κ3) is 2.50. The highest BCUT2D eigenvalue weighted by atomic mass is 16.3. The second kappa shape index (κ2) is 5.53. The van der Waals surface area contributed by atoms with Gasteiger partial charge in [-0.3, -0.25) is 9.55 Å². The molecule has 0 bridgehead atoms. The van der Waals surface area contributed by atoms with Gasteiger partial charge in [0.05, 0.1) is 11.9 Å². The van der Waals surface area contributed by atoms with Crippen molar-refractivity contribution in [3.63, 3.8) is 0 Å². The van der Waals surface area contributed by atoms with Gasteiger partial charge in [0.1, 0.15) is 5.75 Å². The topological polar surface area (TPSA) is 83.8 Å². The molecule has 23 heavy (non-hydrogen) atoms. The van der Waals surface area contributed by atoms with Crippen molar-refractivity contribution in [2.75, 3.05) is 0 Å². The average molecular weight is 310 g/mol. The van der Waals surface area contributed by atoms with Crippen molar-refractivity contribution in [1.29, 1.82) is 0 Å². The van der Waals surface area contributed by atoms with Gasteiger partial charge in [0, 0.05) is 11.6 Å². The smallest absolute Gasteiger partial charge is 0.329 e. The Labute approximate surface area is 132 Å². The molecule has 1 fully saturated rings. The Kier molecular flexibility index (Phi) is 3.37. The number of rotatable bonds is 2. The molecule has 1 aromatic carbocycles. The third-order valence-corrected chi connectivity index (χ3v) is 4.53. The molecule has 2 N–H and O–H groups in total. The van der Waals surface area contributed by atoms with Gasteiger partial charge in [-0.2, -0.15) is 0 Å². The summed E-state index contributed by atoms with van der Waals surface area (Å²) in [6.45, 7) is 0. The van der Waals surface area contributed by atoms with Crippen molar-refractivity contribution in [2.45, 2.75) is 38.1 Å². The largest absolute Gasteiger partial charge is 0.508 e. The molecule has 6 heteroatoms. The van der Waals surface area contributed by atoms with Crippen LogP contribution in [0.15, 0.2) is 35.3 Å². The van der Waals surface area contributed by atoms with Gasteiger partial charge in [-0.15, -0.1) is 0 Å². The molecule has 1 aliphatic carbocycles. The van der Waals surface area contributed by atoms with Gasteiger partial charge in [-0.25, -0.2) is 14.8 Å². The first-order chi connectivity index (χ1) is 11.2. The van der Waals surface area contributed by atoms with Crippen molar-refractivity contribution in [3.05, 3.63) is 40.9 Å². The number of hydrogen-bond acceptors (Lipinski definition) is 4. The molecule has 0 spiro atoms. The van der Waals surface area contributed by atoms with Crippen LogP contribution >= 0.6 is 0 Å². The first-order valence-corrected chi connectivity index (χ1v) is 7.99. The normalized spacial score (nSPS) is 16.0. The predicted molar refractivity (Wildman–Crippen MR) is 87.4 cm³/mol. The minimum absolute atomic E-state index is 0.130. The maximum absolute atomic E-state index is 12.3. The summed E-state index contributed by atoms with van der Waals surface area (Å²) in [7, 11) is 0. The molecule has 2 heterocycles. The molecule has 0 aliphatic heterocycles. The molecule has 0 unspecified atom stereocenters. The minimum Gasteiger partial charge on any atom is -0.508 e. The Hall–Kier alpha value is -2.63. The molecule has 3 aromatic rings. The van der Waals surface area contributed by atoms with Crippen LogP contribution in [0.4, 0.5) is 0 Å². The SMILES string of the molecule is O=c1[nH]c2ncc(-c3ccc(O)cc3)nc2n1C1CCCCC1. The summed E-state index contributed by atoms with van der Waals surface area (Å²) in [6.07, 6.45) is 7.20. The van der Waals surface area contributed by atoms with Gasteiger partial charge in [0.25, 0.3) is 0 Å². The molecule has 2 aromatic heterocycles. The molecule has 1 saturated carbocycles. The van der Waals surface area contributed by atoms with Gasteiger partial charge >= 0.3 is 5.69 Å². The van der Waals surface area contributed by atoms with E-state index < -0.39 is 0 Å². The minimum atomic E-state index is -0.130. The van der Waals surface area contributed by atoms with E-state index in [0.29, 0.717) is 17.0 Å². The summed E-state index contributed by atoms with van der Waals surface area (Å²) in [6, 6.07) is 7.02. The molecule has 0 amide bonds. The molecular formula is C17H18N4O2. The van der Waals surface area contributed by atoms with Crippen LogP contribution in [0.3, 0.4) is 0 Å². The second-order valence-electron chi connectivity index (χ2n) is 6.07. The summed E-state index contributed by atoms with van der Waals surface area (Å²) in [5.41, 5.74) is 2.58. The van der Waals surface area contributed by atoms with Crippen LogP contribution in [0.1, 0.15) is 38.1 Å². The van der Waals surface area contributed by atoms with E-state index in [0.717, 1.165) is 31.2 Å². The lowest BCUT2D eigenvalue weighted by molar-refractivity contribution is 0.352. The highest BCUT2D eigenvalue weighted by Crippen LogP contribution is 2.29. The van der Waals surface area contributed by atoms with Gasteiger partial charge in [-0.1, -0.05) is 19.3 Å². The zero-order valence-electron chi connectivity index (χ0n) is 12.7. The third-order valence-electron chi connectivity index (χ3n) is 4.53. The molecular weight excluding hydrogens is 292 g/mol. The fraction of sp³-hybridized carbons (Fsp3) is 0.353. The number of fused-ring (bicyclic) bond motifs is 1. The summed E-state index contributed by atoms with van der Waals surface area (Å²) in [4.78, 5) is 24.1. The molecule has 0 radical (unpaired) electrons. The highest BCUT2D eigenvalue weighted by molar-refractivity contribution is 5.71. The van der Waals surface area contributed by atoms with Crippen molar-refractivity contribution >= 4 is 11.3 Å². The zero-order chi connectivity index (χ0) is 15.8. The first-order valence-electron chi connectivity index (χ1n) is 7.99. The number of phenolic OH excluding ortho intramolecular Hbond substituents is 1. The van der Waals surface area contributed by atoms with Crippen LogP contribution in [-0.4, -0.2) is 24.6 Å². The number of aromatic amines is 1. The summed E-state index contributed by atoms with van der Waals surface area (Å²) < 4.78 is 1.77. The van der Waals surface area contributed by atoms with E-state index in [1.165, 1.54) is 6.42 Å². The van der Waals surface area contributed by atoms with E-state index in [9.17, 15) is 9.90 Å². The number of nitrogens with one attached hydrogen (secondary N) is 1. The number of nitrogens with zero attached hydrogens (tertiary/aromatic N) is 3. The lowest BCUT2D eigenvalue weighted by Crippen LogP contribution is -2.24. The lowest BCUT2D eigenvalue weighted by atomic mass is 9.95. The van der Waals surface area contributed by atoms with E-state index in [-0.39, 0.29) is 17.5 Å². The number of phenols is 1. The second-order valence-corrected chi connectivity index (χ2v) is 6.07. The molecule has 4 rings (SSSR count). The monoisotopic (exact) mass is 310 g/mol. The van der Waals surface area contributed by atoms with E-state index in [2.05, 4.69) is 15.0 Å². The lowest BCUT2D eigenvalue weighted by Gasteiger charge is -2.22. The number of aromatic hydroxyl groups is 1. The van der Waals surface area contributed by atoms with Crippen molar-refractivity contribution in [2.24, 2.45) is 0 Å². The standard InChI is InChI=1S/C17H18N4O2/c22-13-8-6-11(7-9-13)14-10-18-15-16(19-14)21(17(23)20-15)12-4-2-1-3-5-12/h6-10,12,22H,1-5H2,(H,18,20,23). The summed E-state index contributed by atoms with van der Waals surface area (Å²) in [5, 5.41) is 9.41. The zero-order valence-corrected chi connectivity index (χ0v) is 12.7. The van der Waals surface area contributed by atoms with Crippen LogP contribution < -0.4 is 5.69 Å². The van der Waals surface area contributed by atoms with Crippen LogP contribution in [0.25, 0.3) is 22.6 Å². The van der Waals surface area contributed by atoms with Crippen molar-refractivity contribution < 1.29 is 5.11 Å². The molecule has 0 atom stereocenters. The van der Waals surface area contributed by atoms with Gasteiger partial charge in [-0.05, 0) is 37.1 Å². The molecule has 6 nitrogen and oxygen atoms in total. The Bertz CT molecular complexity index is 889. The molecule has 118 valence electrons. The maximum Gasteiger partial charge on any atom is 0.329 e. The van der Waals surface area contributed by atoms with Crippen molar-refractivity contribution in [3.8, 4) is 17.0 Å². The first kappa shape index (κ1) is 14.0. The van der Waals surface area contributed by atoms with E-state index >= 15 is 0 Å². The number of benzene rings is 1. The van der Waals surface area contributed by atoms with Crippen LogP contribution in [0, 0.1) is 0 Å². The highest BCUT2D eigenvalue weighted by Gasteiger charge is 2.21. The predicted octanol–water partition coefficient (Wildman–Crippen LogP) is 3.00. The molecule has 1 aliphatic rings. The van der Waals surface area contributed by atoms with Gasteiger partial charge < -0.3 is 5.11 Å². The Morgan fingerprint density at radius 2 is 1.87 bits per heavy atom. The maximum atomic E-state index is 12.3. The van der Waals surface area contributed by atoms with Crippen molar-refractivity contribution in [1.82, 2.24) is 19.5 Å². The van der Waals surface area contributed by atoms with Crippen LogP contribution in [-0.2, 0) is 0 Å². The van der Waals surface area contributed by atoms with E-state index in [4.69, 9.17) is 0 Å². The van der Waals surface area contributed by atoms with Gasteiger partial charge in [0.15, 0.2) is 11.3 Å². The summed E-state index contributed by atoms with van der Waals surface area (Å²) >= 11 is 0. The Morgan fingerprint density at radius 3 is 2.61 bits per heavy atom. The quantitative estimate of drug-likeness (QED) is 0.762.